The molecule has 0 fully saturated rings. The van der Waals surface area contributed by atoms with E-state index in [-0.39, 0.29) is 0 Å². The lowest BCUT2D eigenvalue weighted by Gasteiger charge is -2.30. The molecule has 0 spiro atoms. The van der Waals surface area contributed by atoms with Crippen molar-refractivity contribution in [1.82, 2.24) is 0 Å². The Morgan fingerprint density at radius 3 is 2.00 bits per heavy atom. The van der Waals surface area contributed by atoms with Crippen molar-refractivity contribution in [2.24, 2.45) is 0 Å². The van der Waals surface area contributed by atoms with E-state index in [2.05, 4.69) is 20.0 Å². The van der Waals surface area contributed by atoms with Crippen molar-refractivity contribution in [3.05, 3.63) is 0 Å². The van der Waals surface area contributed by atoms with Gasteiger partial charge in [-0.15, -0.1) is 0 Å². The van der Waals surface area contributed by atoms with Gasteiger partial charge in [0.15, 0.2) is 0 Å². The summed E-state index contributed by atoms with van der Waals surface area (Å²) >= 11 is 0. The maximum Gasteiger partial charge on any atom is 0.0502 e. The summed E-state index contributed by atoms with van der Waals surface area (Å²) < 4.78 is 0. The summed E-state index contributed by atoms with van der Waals surface area (Å²) in [6.07, 6.45) is 5.51. The highest BCUT2D eigenvalue weighted by molar-refractivity contribution is 6.78. The molecule has 0 saturated carbocycles. The molecule has 0 aliphatic rings. The third-order valence-corrected chi connectivity index (χ3v) is 8.21. The summed E-state index contributed by atoms with van der Waals surface area (Å²) in [7, 11) is -1.09. The van der Waals surface area contributed by atoms with Crippen LogP contribution in [0, 0.1) is 0 Å². The average Bonchev–Trinajstić information content (AvgIpc) is 2.18. The van der Waals surface area contributed by atoms with Gasteiger partial charge in [-0.2, -0.15) is 0 Å². The molecule has 1 unspecified atom stereocenters. The van der Waals surface area contributed by atoms with Crippen LogP contribution in [0.15, 0.2) is 0 Å². The number of rotatable bonds is 9. The van der Waals surface area contributed by atoms with E-state index in [9.17, 15) is 0 Å². The van der Waals surface area contributed by atoms with Crippen LogP contribution in [0.5, 0.6) is 0 Å². The molecule has 0 aromatic rings. The van der Waals surface area contributed by atoms with Crippen molar-refractivity contribution in [3.8, 4) is 0 Å². The second-order valence-corrected chi connectivity index (χ2v) is 10.8. The van der Waals surface area contributed by atoms with E-state index >= 15 is 0 Å². The smallest absolute Gasteiger partial charge is 0.0502 e. The molecule has 0 saturated heterocycles. The molecule has 0 aromatic heterocycles. The Labute approximate surface area is 95.7 Å². The number of unbranched alkanes of at least 4 members (excludes halogenated alkanes) is 2. The predicted molar refractivity (Wildman–Crippen MR) is 69.0 cm³/mol. The van der Waals surface area contributed by atoms with Gasteiger partial charge in [0.2, 0.25) is 0 Å². The SMILES string of the molecule is CC(CCCCO)[Si](C)(C)CCCCO. The summed E-state index contributed by atoms with van der Waals surface area (Å²) in [6.45, 7) is 7.94. The summed E-state index contributed by atoms with van der Waals surface area (Å²) in [5.74, 6) is 0. The van der Waals surface area contributed by atoms with Gasteiger partial charge in [-0.05, 0) is 18.4 Å². The highest BCUT2D eigenvalue weighted by atomic mass is 28.3. The van der Waals surface area contributed by atoms with Crippen molar-refractivity contribution < 1.29 is 10.2 Å². The van der Waals surface area contributed by atoms with Crippen molar-refractivity contribution in [2.75, 3.05) is 13.2 Å². The highest BCUT2D eigenvalue weighted by Gasteiger charge is 2.26. The monoisotopic (exact) mass is 232 g/mol. The second kappa shape index (κ2) is 8.31. The second-order valence-electron chi connectivity index (χ2n) is 5.29. The largest absolute Gasteiger partial charge is 0.396 e. The normalized spacial score (nSPS) is 14.2. The lowest BCUT2D eigenvalue weighted by atomic mass is 10.2. The fourth-order valence-corrected chi connectivity index (χ4v) is 4.53. The van der Waals surface area contributed by atoms with Gasteiger partial charge in [-0.3, -0.25) is 0 Å². The quantitative estimate of drug-likeness (QED) is 0.474. The molecule has 15 heavy (non-hydrogen) atoms. The molecule has 0 rings (SSSR count). The molecule has 0 amide bonds. The number of aliphatic hydroxyl groups excluding tert-OH is 2. The van der Waals surface area contributed by atoms with Crippen LogP contribution >= 0.6 is 0 Å². The van der Waals surface area contributed by atoms with Crippen LogP contribution in [0.1, 0.15) is 39.0 Å². The first kappa shape index (κ1) is 15.1. The first-order valence-electron chi connectivity index (χ1n) is 6.26. The topological polar surface area (TPSA) is 40.5 Å². The number of hydrogen-bond acceptors (Lipinski definition) is 2. The van der Waals surface area contributed by atoms with Crippen LogP contribution < -0.4 is 0 Å². The lowest BCUT2D eigenvalue weighted by molar-refractivity contribution is 0.282. The maximum atomic E-state index is 8.76. The zero-order valence-corrected chi connectivity index (χ0v) is 11.6. The van der Waals surface area contributed by atoms with Crippen LogP contribution in [0.25, 0.3) is 0 Å². The fraction of sp³-hybridized carbons (Fsp3) is 1.00. The van der Waals surface area contributed by atoms with Crippen LogP contribution in [-0.4, -0.2) is 31.5 Å². The molecular formula is C12H28O2Si. The molecule has 92 valence electrons. The van der Waals surface area contributed by atoms with Crippen molar-refractivity contribution in [3.63, 3.8) is 0 Å². The zero-order valence-electron chi connectivity index (χ0n) is 10.6. The van der Waals surface area contributed by atoms with Crippen LogP contribution in [0.2, 0.25) is 24.7 Å². The van der Waals surface area contributed by atoms with Crippen LogP contribution in [0.3, 0.4) is 0 Å². The first-order valence-corrected chi connectivity index (χ1v) is 9.54. The minimum absolute atomic E-state index is 0.333. The molecule has 0 radical (unpaired) electrons. The molecule has 0 aromatic carbocycles. The summed E-state index contributed by atoms with van der Waals surface area (Å²) in [5, 5.41) is 17.5. The van der Waals surface area contributed by atoms with Gasteiger partial charge in [0.1, 0.15) is 0 Å². The van der Waals surface area contributed by atoms with Gasteiger partial charge in [-0.1, -0.05) is 45.3 Å². The summed E-state index contributed by atoms with van der Waals surface area (Å²) in [6, 6.07) is 1.33. The van der Waals surface area contributed by atoms with Gasteiger partial charge in [-0.25, -0.2) is 0 Å². The van der Waals surface area contributed by atoms with E-state index < -0.39 is 8.07 Å². The molecule has 2 nitrogen and oxygen atoms in total. The third-order valence-electron chi connectivity index (χ3n) is 3.61. The number of hydrogen-bond donors (Lipinski definition) is 2. The van der Waals surface area contributed by atoms with Gasteiger partial charge in [0.25, 0.3) is 0 Å². The molecular weight excluding hydrogens is 204 g/mol. The molecule has 0 heterocycles. The molecule has 0 bridgehead atoms. The Bertz CT molecular complexity index is 149. The fourth-order valence-electron chi connectivity index (χ4n) is 1.89. The Morgan fingerprint density at radius 2 is 1.47 bits per heavy atom. The van der Waals surface area contributed by atoms with Crippen LogP contribution in [-0.2, 0) is 0 Å². The van der Waals surface area contributed by atoms with Gasteiger partial charge in [0, 0.05) is 13.2 Å². The van der Waals surface area contributed by atoms with E-state index in [0.717, 1.165) is 24.8 Å². The minimum atomic E-state index is -1.09. The van der Waals surface area contributed by atoms with Gasteiger partial charge in [0.05, 0.1) is 8.07 Å². The Balaban J connectivity index is 3.74. The standard InChI is InChI=1S/C12H28O2Si/c1-12(8-4-5-9-13)15(2,3)11-7-6-10-14/h12-14H,4-11H2,1-3H3. The van der Waals surface area contributed by atoms with E-state index in [4.69, 9.17) is 10.2 Å². The Kier molecular flexibility index (Phi) is 8.38. The minimum Gasteiger partial charge on any atom is -0.396 e. The van der Waals surface area contributed by atoms with E-state index in [1.807, 2.05) is 0 Å². The Morgan fingerprint density at radius 1 is 0.933 bits per heavy atom. The van der Waals surface area contributed by atoms with Crippen molar-refractivity contribution in [2.45, 2.75) is 63.7 Å². The number of aliphatic hydroxyl groups is 2. The van der Waals surface area contributed by atoms with Crippen LogP contribution in [0.4, 0.5) is 0 Å². The third kappa shape index (κ3) is 7.09. The molecule has 0 aliphatic carbocycles. The summed E-state index contributed by atoms with van der Waals surface area (Å²) in [4.78, 5) is 0. The summed E-state index contributed by atoms with van der Waals surface area (Å²) in [5.41, 5.74) is 0.836. The molecule has 0 aliphatic heterocycles. The molecule has 2 N–H and O–H groups in total. The van der Waals surface area contributed by atoms with E-state index in [1.165, 1.54) is 18.9 Å². The van der Waals surface area contributed by atoms with E-state index in [1.54, 1.807) is 0 Å². The van der Waals surface area contributed by atoms with Crippen molar-refractivity contribution >= 4 is 8.07 Å². The average molecular weight is 232 g/mol. The maximum absolute atomic E-state index is 8.76. The highest BCUT2D eigenvalue weighted by Crippen LogP contribution is 2.31. The van der Waals surface area contributed by atoms with Gasteiger partial charge < -0.3 is 10.2 Å². The van der Waals surface area contributed by atoms with Crippen molar-refractivity contribution in [1.29, 1.82) is 0 Å². The predicted octanol–water partition coefficient (Wildman–Crippen LogP) is 3.02. The first-order chi connectivity index (χ1) is 7.04. The van der Waals surface area contributed by atoms with Gasteiger partial charge >= 0.3 is 0 Å². The molecule has 1 atom stereocenters. The Hall–Kier alpha value is 0.137. The zero-order chi connectivity index (χ0) is 11.7. The molecule has 3 heteroatoms. The lowest BCUT2D eigenvalue weighted by Crippen LogP contribution is -2.30. The van der Waals surface area contributed by atoms with E-state index in [0.29, 0.717) is 13.2 Å².